The zero-order chi connectivity index (χ0) is 12.8. The molecule has 0 saturated heterocycles. The van der Waals surface area contributed by atoms with E-state index in [0.29, 0.717) is 5.62 Å². The first-order valence-electron chi connectivity index (χ1n) is 6.65. The Morgan fingerprint density at radius 1 is 1.37 bits per heavy atom. The summed E-state index contributed by atoms with van der Waals surface area (Å²) < 4.78 is 2.00. The summed E-state index contributed by atoms with van der Waals surface area (Å²) in [6.45, 7) is 1.67. The van der Waals surface area contributed by atoms with Gasteiger partial charge >= 0.3 is 0 Å². The molecule has 2 aliphatic rings. The second kappa shape index (κ2) is 3.91. The van der Waals surface area contributed by atoms with Crippen molar-refractivity contribution in [3.05, 3.63) is 29.9 Å². The van der Waals surface area contributed by atoms with Crippen LogP contribution in [0.3, 0.4) is 0 Å². The van der Waals surface area contributed by atoms with Gasteiger partial charge in [-0.05, 0) is 25.0 Å². The molecule has 1 aromatic carbocycles. The van der Waals surface area contributed by atoms with Crippen molar-refractivity contribution in [2.75, 3.05) is 11.9 Å². The number of carbonyl (C=O) groups is 1. The number of nitrogens with zero attached hydrogens (tertiary/aromatic N) is 3. The van der Waals surface area contributed by atoms with Crippen LogP contribution in [0.25, 0.3) is 10.9 Å². The predicted molar refractivity (Wildman–Crippen MR) is 71.5 cm³/mol. The number of anilines is 1. The maximum absolute atomic E-state index is 11.9. The summed E-state index contributed by atoms with van der Waals surface area (Å²) in [5, 5.41) is 4.43. The summed E-state index contributed by atoms with van der Waals surface area (Å²) in [6, 6.07) is 7.95. The lowest BCUT2D eigenvalue weighted by Crippen LogP contribution is -2.25. The summed E-state index contributed by atoms with van der Waals surface area (Å²) >= 11 is 0. The highest BCUT2D eigenvalue weighted by atomic mass is 16.1. The number of para-hydroxylation sites is 1. The molecule has 0 spiro atoms. The smallest absolute Gasteiger partial charge is 0.252 e. The van der Waals surface area contributed by atoms with Gasteiger partial charge in [-0.1, -0.05) is 12.1 Å². The molecule has 0 unspecified atom stereocenters. The van der Waals surface area contributed by atoms with Crippen LogP contribution < -0.4 is 10.9 Å². The molecule has 4 rings (SSSR count). The van der Waals surface area contributed by atoms with E-state index in [-0.39, 0.29) is 11.8 Å². The molecule has 0 atom stereocenters. The molecule has 1 saturated carbocycles. The van der Waals surface area contributed by atoms with Gasteiger partial charge in [0.2, 0.25) is 5.62 Å². The zero-order valence-corrected chi connectivity index (χ0v) is 10.5. The lowest BCUT2D eigenvalue weighted by molar-refractivity contribution is -0.119. The Morgan fingerprint density at radius 2 is 2.21 bits per heavy atom. The third kappa shape index (κ3) is 1.73. The second-order valence-corrected chi connectivity index (χ2v) is 5.08. The molecule has 5 heteroatoms. The zero-order valence-electron chi connectivity index (χ0n) is 10.5. The van der Waals surface area contributed by atoms with E-state index in [1.165, 1.54) is 0 Å². The minimum absolute atomic E-state index is 0.0237. The molecule has 1 fully saturated rings. The van der Waals surface area contributed by atoms with Gasteiger partial charge in [0.25, 0.3) is 5.91 Å². The van der Waals surface area contributed by atoms with Gasteiger partial charge in [0.15, 0.2) is 0 Å². The Bertz CT molecular complexity index is 743. The summed E-state index contributed by atoms with van der Waals surface area (Å²) in [5.74, 6) is 1.14. The molecule has 2 aromatic rings. The first kappa shape index (κ1) is 10.7. The summed E-state index contributed by atoms with van der Waals surface area (Å²) in [4.78, 5) is 20.6. The van der Waals surface area contributed by atoms with Gasteiger partial charge in [-0.2, -0.15) is 4.99 Å². The molecule has 1 aliphatic heterocycles. The predicted octanol–water partition coefficient (Wildman–Crippen LogP) is 1.30. The standard InChI is InChI=1S/C14H14N4O/c19-13(9-5-6-9)17-14-16-11-4-2-1-3-10(11)12-15-7-8-18(12)14/h1-4,9,15H,5-8H2. The third-order valence-corrected chi connectivity index (χ3v) is 3.66. The number of benzene rings is 1. The fourth-order valence-electron chi connectivity index (χ4n) is 2.48. The summed E-state index contributed by atoms with van der Waals surface area (Å²) in [6.07, 6.45) is 1.95. The molecule has 0 bridgehead atoms. The number of fused-ring (bicyclic) bond motifs is 3. The Balaban J connectivity index is 1.98. The van der Waals surface area contributed by atoms with E-state index < -0.39 is 0 Å². The number of hydrogen-bond acceptors (Lipinski definition) is 3. The van der Waals surface area contributed by atoms with Crippen molar-refractivity contribution < 1.29 is 4.79 Å². The number of aromatic nitrogens is 2. The number of nitrogens with one attached hydrogen (secondary N) is 1. The maximum atomic E-state index is 11.9. The van der Waals surface area contributed by atoms with Crippen LogP contribution in [0.1, 0.15) is 12.8 Å². The highest BCUT2D eigenvalue weighted by molar-refractivity contribution is 5.89. The van der Waals surface area contributed by atoms with Crippen LogP contribution in [0, 0.1) is 5.92 Å². The molecule has 2 heterocycles. The number of carbonyl (C=O) groups excluding carboxylic acids is 1. The fraction of sp³-hybridized carbons (Fsp3) is 0.357. The summed E-state index contributed by atoms with van der Waals surface area (Å²) in [7, 11) is 0. The van der Waals surface area contributed by atoms with Crippen LogP contribution in [-0.2, 0) is 11.3 Å². The normalized spacial score (nSPS) is 18.4. The van der Waals surface area contributed by atoms with Crippen molar-refractivity contribution >= 4 is 22.6 Å². The quantitative estimate of drug-likeness (QED) is 0.834. The van der Waals surface area contributed by atoms with Gasteiger partial charge in [0.1, 0.15) is 5.82 Å². The minimum Gasteiger partial charge on any atom is -0.369 e. The van der Waals surface area contributed by atoms with Gasteiger partial charge in [-0.15, -0.1) is 0 Å². The van der Waals surface area contributed by atoms with Crippen LogP contribution >= 0.6 is 0 Å². The Morgan fingerprint density at radius 3 is 3.05 bits per heavy atom. The molecule has 19 heavy (non-hydrogen) atoms. The first-order valence-corrected chi connectivity index (χ1v) is 6.65. The molecule has 0 radical (unpaired) electrons. The SMILES string of the molecule is O=C(N=c1nc2ccccc2c2n1CCN2)C1CC1. The monoisotopic (exact) mass is 254 g/mol. The number of rotatable bonds is 1. The van der Waals surface area contributed by atoms with Gasteiger partial charge in [-0.25, -0.2) is 4.98 Å². The van der Waals surface area contributed by atoms with Gasteiger partial charge in [0, 0.05) is 24.4 Å². The fourth-order valence-corrected chi connectivity index (χ4v) is 2.48. The molecule has 5 nitrogen and oxygen atoms in total. The lowest BCUT2D eigenvalue weighted by Gasteiger charge is -2.07. The average Bonchev–Trinajstić information content (AvgIpc) is 3.16. The van der Waals surface area contributed by atoms with E-state index in [2.05, 4.69) is 15.3 Å². The van der Waals surface area contributed by atoms with E-state index in [0.717, 1.165) is 42.7 Å². The van der Waals surface area contributed by atoms with E-state index >= 15 is 0 Å². The molecular weight excluding hydrogens is 240 g/mol. The van der Waals surface area contributed by atoms with E-state index in [4.69, 9.17) is 0 Å². The molecule has 1 N–H and O–H groups in total. The lowest BCUT2D eigenvalue weighted by atomic mass is 10.2. The summed E-state index contributed by atoms with van der Waals surface area (Å²) in [5.41, 5.74) is 1.42. The van der Waals surface area contributed by atoms with Crippen molar-refractivity contribution in [1.82, 2.24) is 9.55 Å². The van der Waals surface area contributed by atoms with Gasteiger partial charge in [-0.3, -0.25) is 9.36 Å². The highest BCUT2D eigenvalue weighted by Crippen LogP contribution is 2.30. The largest absolute Gasteiger partial charge is 0.369 e. The van der Waals surface area contributed by atoms with E-state index in [9.17, 15) is 4.79 Å². The van der Waals surface area contributed by atoms with Gasteiger partial charge in [0.05, 0.1) is 5.52 Å². The van der Waals surface area contributed by atoms with Crippen molar-refractivity contribution in [1.29, 1.82) is 0 Å². The van der Waals surface area contributed by atoms with Gasteiger partial charge < -0.3 is 5.32 Å². The van der Waals surface area contributed by atoms with E-state index in [1.54, 1.807) is 0 Å². The maximum Gasteiger partial charge on any atom is 0.252 e. The Hall–Kier alpha value is -2.17. The van der Waals surface area contributed by atoms with Crippen molar-refractivity contribution in [3.63, 3.8) is 0 Å². The topological polar surface area (TPSA) is 59.3 Å². The van der Waals surface area contributed by atoms with E-state index in [1.807, 2.05) is 28.8 Å². The average molecular weight is 254 g/mol. The van der Waals surface area contributed by atoms with Crippen molar-refractivity contribution in [3.8, 4) is 0 Å². The molecule has 1 amide bonds. The number of hydrogen-bond donors (Lipinski definition) is 1. The van der Waals surface area contributed by atoms with Crippen molar-refractivity contribution in [2.45, 2.75) is 19.4 Å². The third-order valence-electron chi connectivity index (χ3n) is 3.66. The van der Waals surface area contributed by atoms with Crippen LogP contribution in [0.15, 0.2) is 29.3 Å². The minimum atomic E-state index is -0.0237. The second-order valence-electron chi connectivity index (χ2n) is 5.08. The molecule has 1 aromatic heterocycles. The highest BCUT2D eigenvalue weighted by Gasteiger charge is 2.29. The Kier molecular flexibility index (Phi) is 2.21. The van der Waals surface area contributed by atoms with Crippen molar-refractivity contribution in [2.24, 2.45) is 10.9 Å². The van der Waals surface area contributed by atoms with Crippen LogP contribution in [0.2, 0.25) is 0 Å². The van der Waals surface area contributed by atoms with Crippen LogP contribution in [0.4, 0.5) is 5.82 Å². The van der Waals surface area contributed by atoms with Crippen LogP contribution in [-0.4, -0.2) is 22.0 Å². The first-order chi connectivity index (χ1) is 9.33. The Labute approximate surface area is 110 Å². The number of amides is 1. The molecular formula is C14H14N4O. The molecule has 1 aliphatic carbocycles. The van der Waals surface area contributed by atoms with Crippen LogP contribution in [0.5, 0.6) is 0 Å². The molecule has 96 valence electrons.